The van der Waals surface area contributed by atoms with E-state index in [4.69, 9.17) is 4.74 Å². The van der Waals surface area contributed by atoms with Crippen molar-refractivity contribution in [1.82, 2.24) is 9.55 Å². The van der Waals surface area contributed by atoms with E-state index in [0.717, 1.165) is 11.0 Å². The summed E-state index contributed by atoms with van der Waals surface area (Å²) >= 11 is 0. The first-order chi connectivity index (χ1) is 8.52. The molecule has 2 aromatic rings. The highest BCUT2D eigenvalue weighted by atomic mass is 16.5. The Morgan fingerprint density at radius 2 is 2.06 bits per heavy atom. The van der Waals surface area contributed by atoms with Gasteiger partial charge in [-0.2, -0.15) is 0 Å². The van der Waals surface area contributed by atoms with Gasteiger partial charge in [0.05, 0.1) is 30.9 Å². The van der Waals surface area contributed by atoms with E-state index in [0.29, 0.717) is 6.42 Å². The first kappa shape index (κ1) is 12.6. The quantitative estimate of drug-likeness (QED) is 0.782. The minimum Gasteiger partial charge on any atom is -0.469 e. The number of aryl methyl sites for hydroxylation is 2. The lowest BCUT2D eigenvalue weighted by atomic mass is 10.1. The molecule has 0 bridgehead atoms. The van der Waals surface area contributed by atoms with Crippen LogP contribution in [0.15, 0.2) is 18.5 Å². The van der Waals surface area contributed by atoms with Gasteiger partial charge in [0.25, 0.3) is 0 Å². The Hall–Kier alpha value is -1.84. The molecular weight excluding hydrogens is 228 g/mol. The number of hydrogen-bond acceptors (Lipinski definition) is 3. The number of fused-ring (bicyclic) bond motifs is 1. The van der Waals surface area contributed by atoms with Gasteiger partial charge >= 0.3 is 5.97 Å². The highest BCUT2D eigenvalue weighted by Crippen LogP contribution is 2.23. The van der Waals surface area contributed by atoms with Crippen LogP contribution in [0.1, 0.15) is 30.5 Å². The van der Waals surface area contributed by atoms with Crippen molar-refractivity contribution in [2.45, 2.75) is 33.2 Å². The fraction of sp³-hybridized carbons (Fsp3) is 0.429. The maximum Gasteiger partial charge on any atom is 0.307 e. The third-order valence-corrected chi connectivity index (χ3v) is 3.35. The number of ether oxygens (including phenoxy) is 1. The van der Waals surface area contributed by atoms with Crippen LogP contribution in [0.2, 0.25) is 0 Å². The Balaban J connectivity index is 2.39. The standard InChI is InChI=1S/C14H18N2O2/c1-9-5-12-13(6-10(9)2)16(8-15-12)11(3)7-14(17)18-4/h5-6,8,11H,7H2,1-4H3/t11-/m0/s1. The van der Waals surface area contributed by atoms with Gasteiger partial charge in [-0.15, -0.1) is 0 Å². The number of imidazole rings is 1. The normalized spacial score (nSPS) is 12.7. The Morgan fingerprint density at radius 3 is 2.72 bits per heavy atom. The molecule has 0 aliphatic carbocycles. The molecule has 96 valence electrons. The zero-order chi connectivity index (χ0) is 13.3. The molecule has 1 aromatic heterocycles. The van der Waals surface area contributed by atoms with Crippen molar-refractivity contribution in [2.75, 3.05) is 7.11 Å². The van der Waals surface area contributed by atoms with Crippen LogP contribution in [0.4, 0.5) is 0 Å². The van der Waals surface area contributed by atoms with Gasteiger partial charge in [-0.25, -0.2) is 4.98 Å². The van der Waals surface area contributed by atoms with Crippen molar-refractivity contribution in [3.05, 3.63) is 29.6 Å². The zero-order valence-corrected chi connectivity index (χ0v) is 11.2. The SMILES string of the molecule is COC(=O)C[C@H](C)n1cnc2cc(C)c(C)cc21. The molecule has 2 rings (SSSR count). The molecule has 0 saturated heterocycles. The molecule has 0 unspecified atom stereocenters. The van der Waals surface area contributed by atoms with Gasteiger partial charge in [0.1, 0.15) is 0 Å². The number of carbonyl (C=O) groups is 1. The molecule has 0 radical (unpaired) electrons. The molecule has 0 saturated carbocycles. The molecule has 4 heteroatoms. The van der Waals surface area contributed by atoms with Crippen molar-refractivity contribution >= 4 is 17.0 Å². The Bertz CT molecular complexity index is 587. The van der Waals surface area contributed by atoms with Gasteiger partial charge in [0.15, 0.2) is 0 Å². The van der Waals surface area contributed by atoms with Gasteiger partial charge in [-0.3, -0.25) is 4.79 Å². The predicted molar refractivity (Wildman–Crippen MR) is 70.6 cm³/mol. The second-order valence-electron chi connectivity index (χ2n) is 4.71. The summed E-state index contributed by atoms with van der Waals surface area (Å²) in [6, 6.07) is 4.24. The first-order valence-electron chi connectivity index (χ1n) is 6.03. The monoisotopic (exact) mass is 246 g/mol. The molecule has 1 atom stereocenters. The molecule has 0 N–H and O–H groups in total. The van der Waals surface area contributed by atoms with Crippen molar-refractivity contribution in [1.29, 1.82) is 0 Å². The van der Waals surface area contributed by atoms with E-state index in [2.05, 4.69) is 31.0 Å². The highest BCUT2D eigenvalue weighted by molar-refractivity contribution is 5.78. The summed E-state index contributed by atoms with van der Waals surface area (Å²) in [6.45, 7) is 6.15. The number of esters is 1. The smallest absolute Gasteiger partial charge is 0.307 e. The number of nitrogens with zero attached hydrogens (tertiary/aromatic N) is 2. The summed E-state index contributed by atoms with van der Waals surface area (Å²) in [5.74, 6) is -0.201. The average Bonchev–Trinajstić information content (AvgIpc) is 2.72. The van der Waals surface area contributed by atoms with Gasteiger partial charge in [0, 0.05) is 6.04 Å². The molecular formula is C14H18N2O2. The lowest BCUT2D eigenvalue weighted by Crippen LogP contribution is -2.11. The molecule has 18 heavy (non-hydrogen) atoms. The Labute approximate surface area is 107 Å². The lowest BCUT2D eigenvalue weighted by Gasteiger charge is -2.13. The number of methoxy groups -OCH3 is 1. The third kappa shape index (κ3) is 2.23. The van der Waals surface area contributed by atoms with Crippen LogP contribution in [0, 0.1) is 13.8 Å². The Morgan fingerprint density at radius 1 is 1.39 bits per heavy atom. The number of benzene rings is 1. The summed E-state index contributed by atoms with van der Waals surface area (Å²) in [4.78, 5) is 15.7. The highest BCUT2D eigenvalue weighted by Gasteiger charge is 2.14. The zero-order valence-electron chi connectivity index (χ0n) is 11.2. The summed E-state index contributed by atoms with van der Waals surface area (Å²) in [5, 5.41) is 0. The van der Waals surface area contributed by atoms with Crippen molar-refractivity contribution in [3.63, 3.8) is 0 Å². The van der Waals surface area contributed by atoms with Crippen LogP contribution < -0.4 is 0 Å². The summed E-state index contributed by atoms with van der Waals surface area (Å²) in [5.41, 5.74) is 4.49. The summed E-state index contributed by atoms with van der Waals surface area (Å²) in [7, 11) is 1.41. The van der Waals surface area contributed by atoms with Gasteiger partial charge in [-0.1, -0.05) is 0 Å². The van der Waals surface area contributed by atoms with Crippen LogP contribution in [0.25, 0.3) is 11.0 Å². The Kier molecular flexibility index (Phi) is 3.36. The van der Waals surface area contributed by atoms with Crippen molar-refractivity contribution in [2.24, 2.45) is 0 Å². The van der Waals surface area contributed by atoms with Gasteiger partial charge < -0.3 is 9.30 Å². The van der Waals surface area contributed by atoms with Gasteiger partial charge in [0.2, 0.25) is 0 Å². The predicted octanol–water partition coefficient (Wildman–Crippen LogP) is 2.78. The maximum atomic E-state index is 11.3. The molecule has 4 nitrogen and oxygen atoms in total. The fourth-order valence-corrected chi connectivity index (χ4v) is 2.06. The number of carbonyl (C=O) groups excluding carboxylic acids is 1. The van der Waals surface area contributed by atoms with E-state index >= 15 is 0 Å². The van der Waals surface area contributed by atoms with E-state index in [9.17, 15) is 4.79 Å². The van der Waals surface area contributed by atoms with Crippen molar-refractivity contribution in [3.8, 4) is 0 Å². The van der Waals surface area contributed by atoms with E-state index in [1.807, 2.05) is 11.5 Å². The molecule has 0 aliphatic heterocycles. The molecule has 1 aromatic carbocycles. The second kappa shape index (κ2) is 4.80. The number of hydrogen-bond donors (Lipinski definition) is 0. The number of rotatable bonds is 3. The topological polar surface area (TPSA) is 44.1 Å². The number of aromatic nitrogens is 2. The minimum atomic E-state index is -0.201. The van der Waals surface area contributed by atoms with E-state index in [-0.39, 0.29) is 12.0 Å². The maximum absolute atomic E-state index is 11.3. The third-order valence-electron chi connectivity index (χ3n) is 3.35. The van der Waals surface area contributed by atoms with Crippen molar-refractivity contribution < 1.29 is 9.53 Å². The average molecular weight is 246 g/mol. The van der Waals surface area contributed by atoms with Crippen LogP contribution in [0.5, 0.6) is 0 Å². The van der Waals surface area contributed by atoms with E-state index in [1.54, 1.807) is 6.33 Å². The fourth-order valence-electron chi connectivity index (χ4n) is 2.06. The van der Waals surface area contributed by atoms with E-state index < -0.39 is 0 Å². The molecule has 0 amide bonds. The van der Waals surface area contributed by atoms with Crippen LogP contribution in [0.3, 0.4) is 0 Å². The van der Waals surface area contributed by atoms with Gasteiger partial charge in [-0.05, 0) is 44.0 Å². The summed E-state index contributed by atoms with van der Waals surface area (Å²) in [6.07, 6.45) is 2.14. The molecule has 0 fully saturated rings. The summed E-state index contributed by atoms with van der Waals surface area (Å²) < 4.78 is 6.73. The minimum absolute atomic E-state index is 0.0459. The largest absolute Gasteiger partial charge is 0.469 e. The first-order valence-corrected chi connectivity index (χ1v) is 6.03. The second-order valence-corrected chi connectivity index (χ2v) is 4.71. The molecule has 1 heterocycles. The van der Waals surface area contributed by atoms with Crippen LogP contribution in [-0.2, 0) is 9.53 Å². The van der Waals surface area contributed by atoms with Crippen LogP contribution >= 0.6 is 0 Å². The lowest BCUT2D eigenvalue weighted by molar-refractivity contribution is -0.141. The van der Waals surface area contributed by atoms with E-state index in [1.165, 1.54) is 18.2 Å². The molecule has 0 spiro atoms. The van der Waals surface area contributed by atoms with Crippen LogP contribution in [-0.4, -0.2) is 22.6 Å². The molecule has 0 aliphatic rings.